The second kappa shape index (κ2) is 21.5. The Labute approximate surface area is 355 Å². The molecule has 9 atom stereocenters. The largest absolute Gasteiger partial charge is 0.392 e. The summed E-state index contributed by atoms with van der Waals surface area (Å²) in [6.07, 6.45) is 18.3. The van der Waals surface area contributed by atoms with E-state index in [2.05, 4.69) is 62.0 Å². The van der Waals surface area contributed by atoms with Crippen LogP contribution in [0.3, 0.4) is 0 Å². The molecule has 0 saturated heterocycles. The first-order valence-electron chi connectivity index (χ1n) is 23.3. The van der Waals surface area contributed by atoms with Crippen LogP contribution in [0.2, 0.25) is 0 Å². The molecule has 0 spiro atoms. The summed E-state index contributed by atoms with van der Waals surface area (Å²) in [5.74, 6) is 3.70. The monoisotopic (exact) mass is 819 g/mol. The van der Waals surface area contributed by atoms with Crippen molar-refractivity contribution in [3.63, 3.8) is 0 Å². The molecule has 0 radical (unpaired) electrons. The lowest BCUT2D eigenvalue weighted by Gasteiger charge is -2.58. The summed E-state index contributed by atoms with van der Waals surface area (Å²) in [6.45, 7) is 17.2. The van der Waals surface area contributed by atoms with E-state index < -0.39 is 17.9 Å². The Balaban J connectivity index is 0.977. The van der Waals surface area contributed by atoms with Crippen molar-refractivity contribution in [3.8, 4) is 0 Å². The number of aliphatic hydroxyl groups excluding tert-OH is 1. The Morgan fingerprint density at radius 2 is 1.58 bits per heavy atom. The highest BCUT2D eigenvalue weighted by molar-refractivity contribution is 5.96. The van der Waals surface area contributed by atoms with Gasteiger partial charge in [-0.1, -0.05) is 91.5 Å². The third-order valence-corrected chi connectivity index (χ3v) is 15.0. The number of nitrogens with one attached hydrogen (secondary N) is 4. The molecule has 330 valence electrons. The maximum absolute atomic E-state index is 12.9. The first-order valence-corrected chi connectivity index (χ1v) is 23.3. The summed E-state index contributed by atoms with van der Waals surface area (Å²) in [7, 11) is 0. The van der Waals surface area contributed by atoms with Crippen molar-refractivity contribution in [1.29, 1.82) is 0 Å². The molecule has 4 aliphatic rings. The SMILES string of the molecule is CC(C)CCCC(C)C1CCC2C3CC=C4CC(OCCCNC(=O)CCC(=O)NC(CC(C)C)C(=O)NCC(=O)Nc5ccc(CO)cc5)CCC4(C)C3CCC12C. The topological polar surface area (TPSA) is 146 Å². The van der Waals surface area contributed by atoms with Crippen LogP contribution in [0.4, 0.5) is 5.69 Å². The maximum Gasteiger partial charge on any atom is 0.243 e. The van der Waals surface area contributed by atoms with E-state index in [1.807, 2.05) is 13.8 Å². The predicted molar refractivity (Wildman–Crippen MR) is 235 cm³/mol. The van der Waals surface area contributed by atoms with E-state index in [1.165, 1.54) is 57.8 Å². The van der Waals surface area contributed by atoms with Gasteiger partial charge in [0.05, 0.1) is 19.3 Å². The van der Waals surface area contributed by atoms with Gasteiger partial charge in [-0.25, -0.2) is 0 Å². The lowest BCUT2D eigenvalue weighted by molar-refractivity contribution is -0.131. The molecule has 5 N–H and O–H groups in total. The number of hydrogen-bond acceptors (Lipinski definition) is 6. The molecule has 5 rings (SSSR count). The summed E-state index contributed by atoms with van der Waals surface area (Å²) in [5.41, 5.74) is 3.73. The van der Waals surface area contributed by atoms with Crippen LogP contribution >= 0.6 is 0 Å². The van der Waals surface area contributed by atoms with Crippen molar-refractivity contribution in [2.45, 2.75) is 164 Å². The van der Waals surface area contributed by atoms with Gasteiger partial charge >= 0.3 is 0 Å². The molecule has 0 heterocycles. The van der Waals surface area contributed by atoms with Crippen molar-refractivity contribution in [3.05, 3.63) is 41.5 Å². The van der Waals surface area contributed by atoms with Crippen LogP contribution in [-0.4, -0.2) is 60.6 Å². The predicted octanol–water partition coefficient (Wildman–Crippen LogP) is 8.48. The summed E-state index contributed by atoms with van der Waals surface area (Å²) in [4.78, 5) is 50.7. The zero-order chi connectivity index (χ0) is 42.7. The summed E-state index contributed by atoms with van der Waals surface area (Å²) in [5, 5.41) is 20.2. The van der Waals surface area contributed by atoms with E-state index in [-0.39, 0.29) is 49.8 Å². The van der Waals surface area contributed by atoms with Crippen LogP contribution in [-0.2, 0) is 30.5 Å². The molecular weight excluding hydrogens is 741 g/mol. The molecule has 4 aliphatic carbocycles. The average molecular weight is 819 g/mol. The Morgan fingerprint density at radius 3 is 2.29 bits per heavy atom. The van der Waals surface area contributed by atoms with Crippen molar-refractivity contribution in [2.24, 2.45) is 52.3 Å². The van der Waals surface area contributed by atoms with Crippen molar-refractivity contribution >= 4 is 29.3 Å². The highest BCUT2D eigenvalue weighted by Gasteiger charge is 2.59. The Hall–Kier alpha value is -3.24. The van der Waals surface area contributed by atoms with E-state index >= 15 is 0 Å². The molecule has 0 bridgehead atoms. The number of carbonyl (C=O) groups is 4. The molecule has 4 amide bonds. The van der Waals surface area contributed by atoms with E-state index in [1.54, 1.807) is 29.8 Å². The standard InChI is InChI=1S/C49H78N4O6/c1-32(2)10-8-11-34(5)40-18-19-41-39-17-14-36-29-38(22-24-48(36,6)42(39)23-25-49(40,41)7)59-27-9-26-50-44(55)20-21-45(56)53-43(28-33(3)4)47(58)51-30-46(57)52-37-15-12-35(31-54)13-16-37/h12-16,32-34,38-43,54H,8-11,17-31H2,1-7H3,(H,50,55)(H,51,58)(H,52,57)(H,53,56). The zero-order valence-corrected chi connectivity index (χ0v) is 37.5. The zero-order valence-electron chi connectivity index (χ0n) is 37.5. The molecule has 10 heteroatoms. The fourth-order valence-electron chi connectivity index (χ4n) is 11.8. The van der Waals surface area contributed by atoms with Crippen molar-refractivity contribution in [1.82, 2.24) is 16.0 Å². The van der Waals surface area contributed by atoms with Crippen LogP contribution in [0.25, 0.3) is 0 Å². The Bertz CT molecular complexity index is 1590. The normalized spacial score (nSPS) is 28.4. The van der Waals surface area contributed by atoms with Crippen LogP contribution < -0.4 is 21.3 Å². The minimum Gasteiger partial charge on any atom is -0.392 e. The van der Waals surface area contributed by atoms with E-state index in [0.29, 0.717) is 42.5 Å². The number of ether oxygens (including phenoxy) is 1. The van der Waals surface area contributed by atoms with Gasteiger partial charge in [0.1, 0.15) is 6.04 Å². The highest BCUT2D eigenvalue weighted by Crippen LogP contribution is 2.67. The number of hydrogen-bond donors (Lipinski definition) is 5. The van der Waals surface area contributed by atoms with E-state index in [9.17, 15) is 24.3 Å². The fourth-order valence-corrected chi connectivity index (χ4v) is 11.8. The summed E-state index contributed by atoms with van der Waals surface area (Å²) in [6, 6.07) is 5.93. The third-order valence-electron chi connectivity index (χ3n) is 15.0. The fraction of sp³-hybridized carbons (Fsp3) is 0.755. The molecule has 1 aromatic carbocycles. The second-order valence-electron chi connectivity index (χ2n) is 20.1. The van der Waals surface area contributed by atoms with Gasteiger partial charge < -0.3 is 31.1 Å². The number of fused-ring (bicyclic) bond motifs is 5. The lowest BCUT2D eigenvalue weighted by atomic mass is 9.47. The molecular formula is C49H78N4O6. The van der Waals surface area contributed by atoms with Gasteiger partial charge in [-0.2, -0.15) is 0 Å². The minimum atomic E-state index is -0.820. The molecule has 9 unspecified atom stereocenters. The number of benzene rings is 1. The molecule has 3 saturated carbocycles. The van der Waals surface area contributed by atoms with E-state index in [4.69, 9.17) is 4.74 Å². The van der Waals surface area contributed by atoms with Gasteiger partial charge in [-0.15, -0.1) is 0 Å². The summed E-state index contributed by atoms with van der Waals surface area (Å²) >= 11 is 0. The number of amides is 4. The first kappa shape index (κ1) is 46.8. The number of aliphatic hydroxyl groups is 1. The average Bonchev–Trinajstić information content (AvgIpc) is 3.56. The lowest BCUT2D eigenvalue weighted by Crippen LogP contribution is -2.51. The Kier molecular flexibility index (Phi) is 17.1. The highest BCUT2D eigenvalue weighted by atomic mass is 16.5. The van der Waals surface area contributed by atoms with Gasteiger partial charge in [-0.3, -0.25) is 19.2 Å². The van der Waals surface area contributed by atoms with Gasteiger partial charge in [-0.05, 0) is 134 Å². The third kappa shape index (κ3) is 12.4. The van der Waals surface area contributed by atoms with Crippen LogP contribution in [0.15, 0.2) is 35.9 Å². The van der Waals surface area contributed by atoms with Gasteiger partial charge in [0.15, 0.2) is 0 Å². The van der Waals surface area contributed by atoms with Crippen LogP contribution in [0, 0.1) is 52.3 Å². The van der Waals surface area contributed by atoms with Crippen molar-refractivity contribution in [2.75, 3.05) is 25.0 Å². The molecule has 3 fully saturated rings. The quantitative estimate of drug-likeness (QED) is 0.0622. The molecule has 10 nitrogen and oxygen atoms in total. The number of carbonyl (C=O) groups excluding carboxylic acids is 4. The minimum absolute atomic E-state index is 0.0235. The molecule has 0 aromatic heterocycles. The van der Waals surface area contributed by atoms with Gasteiger partial charge in [0.25, 0.3) is 0 Å². The van der Waals surface area contributed by atoms with Crippen molar-refractivity contribution < 1.29 is 29.0 Å². The second-order valence-corrected chi connectivity index (χ2v) is 20.1. The number of anilines is 1. The first-order chi connectivity index (χ1) is 28.1. The summed E-state index contributed by atoms with van der Waals surface area (Å²) < 4.78 is 6.41. The molecule has 1 aromatic rings. The van der Waals surface area contributed by atoms with Gasteiger partial charge in [0, 0.05) is 31.7 Å². The smallest absolute Gasteiger partial charge is 0.243 e. The number of allylic oxidation sites excluding steroid dienone is 1. The van der Waals surface area contributed by atoms with Gasteiger partial charge in [0.2, 0.25) is 23.6 Å². The van der Waals surface area contributed by atoms with Crippen LogP contribution in [0.5, 0.6) is 0 Å². The number of rotatable bonds is 21. The molecule has 0 aliphatic heterocycles. The maximum atomic E-state index is 12.9. The Morgan fingerprint density at radius 1 is 0.831 bits per heavy atom. The van der Waals surface area contributed by atoms with E-state index in [0.717, 1.165) is 53.9 Å². The molecule has 59 heavy (non-hydrogen) atoms. The van der Waals surface area contributed by atoms with Crippen LogP contribution in [0.1, 0.15) is 150 Å².